The number of hydrogen-bond donors (Lipinski definition) is 5. The first kappa shape index (κ1) is 58.2. The van der Waals surface area contributed by atoms with E-state index in [1.807, 2.05) is 81.9 Å². The van der Waals surface area contributed by atoms with Crippen LogP contribution in [0.3, 0.4) is 0 Å². The van der Waals surface area contributed by atoms with Gasteiger partial charge in [-0.2, -0.15) is 0 Å². The zero-order valence-corrected chi connectivity index (χ0v) is 46.0. The van der Waals surface area contributed by atoms with Gasteiger partial charge in [-0.05, 0) is 48.1 Å². The minimum absolute atomic E-state index is 0.0237. The number of likely N-dealkylation sites (tertiary alicyclic amines) is 1. The third kappa shape index (κ3) is 16.7. The Bertz CT molecular complexity index is 2670. The molecule has 2 aliphatic rings. The molecule has 0 spiro atoms. The van der Waals surface area contributed by atoms with E-state index < -0.39 is 35.4 Å². The normalized spacial score (nSPS) is 17.0. The van der Waals surface area contributed by atoms with Crippen LogP contribution in [0.25, 0.3) is 21.7 Å². The molecule has 5 N–H and O–H groups in total. The first-order chi connectivity index (χ1) is 37.2. The number of aromatic nitrogens is 4. The van der Waals surface area contributed by atoms with E-state index in [1.165, 1.54) is 4.90 Å². The minimum atomic E-state index is -0.976. The van der Waals surface area contributed by atoms with Gasteiger partial charge in [0.05, 0.1) is 88.3 Å². The molecular weight excluding hydrogens is 1010 g/mol. The number of anilines is 3. The van der Waals surface area contributed by atoms with Gasteiger partial charge < -0.3 is 69.3 Å². The topological polar surface area (TPSA) is 242 Å². The maximum absolute atomic E-state index is 14.0. The molecule has 77 heavy (non-hydrogen) atoms. The molecular formula is C55H74N10O11S. The van der Waals surface area contributed by atoms with Crippen LogP contribution in [-0.4, -0.2) is 172 Å². The first-order valence-electron chi connectivity index (χ1n) is 26.0. The van der Waals surface area contributed by atoms with Crippen LogP contribution in [0.5, 0.6) is 17.2 Å². The molecule has 416 valence electrons. The summed E-state index contributed by atoms with van der Waals surface area (Å²) in [6.07, 6.45) is 3.82. The Balaban J connectivity index is 0.754. The Morgan fingerprint density at radius 1 is 0.857 bits per heavy atom. The minimum Gasteiger partial charge on any atom is -0.493 e. The lowest BCUT2D eigenvalue weighted by atomic mass is 9.85. The Morgan fingerprint density at radius 2 is 1.56 bits per heavy atom. The summed E-state index contributed by atoms with van der Waals surface area (Å²) in [4.78, 5) is 63.5. The molecule has 22 heteroatoms. The van der Waals surface area contributed by atoms with Crippen LogP contribution in [0.15, 0.2) is 72.5 Å². The van der Waals surface area contributed by atoms with Gasteiger partial charge in [0.1, 0.15) is 31.1 Å². The van der Waals surface area contributed by atoms with Crippen molar-refractivity contribution in [1.82, 2.24) is 40.8 Å². The standard InChI is InChI=1S/C55H74N10O11S/c1-8-40-32-64(18-17-56-40)47-14-13-39(31-58-47)43-15-16-57-54(62-43)61-41-27-45(70-6)49(71-7)46(28-41)76-26-25-74-22-21-72-19-20-73-23-24-75-34-48(67)63-51(55(3,4)5)53(69)65-33-42(66)29-44(65)52(68)59-30-37-9-11-38(12-10-37)50-36(2)60-35-77-50/h9-16,27-28,31,35,40,42,44,51,56,66H,8,17-26,29-30,32-34H2,1-7H3,(H,59,68)(H,63,67)(H,57,61,62)/t40?,42-,44+,51-/m1/s1. The molecule has 5 heterocycles. The van der Waals surface area contributed by atoms with Gasteiger partial charge in [-0.25, -0.2) is 19.9 Å². The number of piperazine rings is 1. The molecule has 4 atom stereocenters. The maximum atomic E-state index is 14.0. The van der Waals surface area contributed by atoms with Crippen molar-refractivity contribution in [2.24, 2.45) is 5.41 Å². The van der Waals surface area contributed by atoms with Crippen LogP contribution < -0.4 is 40.4 Å². The second-order valence-electron chi connectivity index (χ2n) is 19.7. The molecule has 0 bridgehead atoms. The number of aryl methyl sites for hydroxylation is 1. The van der Waals surface area contributed by atoms with Crippen molar-refractivity contribution >= 4 is 46.5 Å². The Labute approximate surface area is 454 Å². The lowest BCUT2D eigenvalue weighted by Crippen LogP contribution is -2.58. The zero-order chi connectivity index (χ0) is 54.7. The van der Waals surface area contributed by atoms with Crippen molar-refractivity contribution in [3.63, 3.8) is 0 Å². The third-order valence-electron chi connectivity index (χ3n) is 13.0. The van der Waals surface area contributed by atoms with Crippen LogP contribution in [0, 0.1) is 12.3 Å². The van der Waals surface area contributed by atoms with Crippen molar-refractivity contribution < 1.29 is 52.6 Å². The van der Waals surface area contributed by atoms with E-state index in [0.29, 0.717) is 61.4 Å². The van der Waals surface area contributed by atoms with Crippen molar-refractivity contribution in [2.45, 2.75) is 78.2 Å². The number of pyridine rings is 1. The van der Waals surface area contributed by atoms with Crippen molar-refractivity contribution in [3.8, 4) is 38.9 Å². The molecule has 21 nitrogen and oxygen atoms in total. The number of thiazole rings is 1. The SMILES string of the molecule is CCC1CN(c2ccc(-c3ccnc(Nc4cc(OC)c(OC)c(OCCOCCOCCOCCOCC(=O)N[C@H](C(=O)N5C[C@H](O)C[C@H]5C(=O)NCc5ccc(-c6scnc6C)cc5)C(C)(C)C)c4)n3)cn2)CCN1. The Kier molecular flexibility index (Phi) is 21.7. The summed E-state index contributed by atoms with van der Waals surface area (Å²) in [6, 6.07) is 15.9. The van der Waals surface area contributed by atoms with Gasteiger partial charge >= 0.3 is 0 Å². The number of methoxy groups -OCH3 is 2. The predicted molar refractivity (Wildman–Crippen MR) is 293 cm³/mol. The van der Waals surface area contributed by atoms with Crippen LogP contribution in [-0.2, 0) is 39.9 Å². The van der Waals surface area contributed by atoms with E-state index in [9.17, 15) is 19.5 Å². The summed E-state index contributed by atoms with van der Waals surface area (Å²) in [5, 5.41) is 23.1. The van der Waals surface area contributed by atoms with Gasteiger partial charge in [-0.3, -0.25) is 14.4 Å². The van der Waals surface area contributed by atoms with E-state index >= 15 is 0 Å². The summed E-state index contributed by atoms with van der Waals surface area (Å²) < 4.78 is 39.8. The highest BCUT2D eigenvalue weighted by Crippen LogP contribution is 2.41. The number of nitrogens with zero attached hydrogens (tertiary/aromatic N) is 6. The van der Waals surface area contributed by atoms with Gasteiger partial charge in [-0.15, -0.1) is 11.3 Å². The fraction of sp³-hybridized carbons (Fsp3) is 0.509. The van der Waals surface area contributed by atoms with Crippen LogP contribution >= 0.6 is 11.3 Å². The highest BCUT2D eigenvalue weighted by molar-refractivity contribution is 7.13. The number of ether oxygens (including phenoxy) is 7. The number of carbonyl (C=O) groups excluding carboxylic acids is 3. The van der Waals surface area contributed by atoms with Crippen molar-refractivity contribution in [3.05, 3.63) is 83.8 Å². The molecule has 2 fully saturated rings. The molecule has 0 saturated carbocycles. The van der Waals surface area contributed by atoms with Crippen molar-refractivity contribution in [1.29, 1.82) is 0 Å². The molecule has 7 rings (SSSR count). The summed E-state index contributed by atoms with van der Waals surface area (Å²) in [7, 11) is 3.10. The highest BCUT2D eigenvalue weighted by atomic mass is 32.1. The molecule has 5 aromatic rings. The van der Waals surface area contributed by atoms with Crippen LogP contribution in [0.4, 0.5) is 17.5 Å². The number of rotatable bonds is 28. The summed E-state index contributed by atoms with van der Waals surface area (Å²) in [5.74, 6) is 1.36. The van der Waals surface area contributed by atoms with E-state index in [0.717, 1.165) is 64.8 Å². The fourth-order valence-electron chi connectivity index (χ4n) is 8.87. The zero-order valence-electron chi connectivity index (χ0n) is 45.2. The van der Waals surface area contributed by atoms with Gasteiger partial charge in [0.25, 0.3) is 0 Å². The summed E-state index contributed by atoms with van der Waals surface area (Å²) in [5.41, 5.74) is 6.23. The average Bonchev–Trinajstić information content (AvgIpc) is 4.07. The van der Waals surface area contributed by atoms with Gasteiger partial charge in [0.2, 0.25) is 29.4 Å². The van der Waals surface area contributed by atoms with Gasteiger partial charge in [-0.1, -0.05) is 52.0 Å². The maximum Gasteiger partial charge on any atom is 0.246 e. The second-order valence-corrected chi connectivity index (χ2v) is 20.5. The van der Waals surface area contributed by atoms with E-state index in [2.05, 4.69) is 43.1 Å². The van der Waals surface area contributed by atoms with E-state index in [-0.39, 0.29) is 58.5 Å². The van der Waals surface area contributed by atoms with Gasteiger partial charge in [0, 0.05) is 81.0 Å². The Morgan fingerprint density at radius 3 is 2.21 bits per heavy atom. The van der Waals surface area contributed by atoms with E-state index in [1.54, 1.807) is 43.9 Å². The number of benzene rings is 2. The summed E-state index contributed by atoms with van der Waals surface area (Å²) >= 11 is 1.57. The first-order valence-corrected chi connectivity index (χ1v) is 26.9. The highest BCUT2D eigenvalue weighted by Gasteiger charge is 2.44. The predicted octanol–water partition coefficient (Wildman–Crippen LogP) is 5.17. The second kappa shape index (κ2) is 28.7. The monoisotopic (exact) mass is 1080 g/mol. The smallest absolute Gasteiger partial charge is 0.246 e. The fourth-order valence-corrected chi connectivity index (χ4v) is 9.68. The van der Waals surface area contributed by atoms with Gasteiger partial charge in [0.15, 0.2) is 11.5 Å². The number of hydrogen-bond acceptors (Lipinski definition) is 19. The third-order valence-corrected chi connectivity index (χ3v) is 14.0. The lowest BCUT2D eigenvalue weighted by Gasteiger charge is -2.35. The number of carbonyl (C=O) groups is 3. The molecule has 2 saturated heterocycles. The number of aliphatic hydroxyl groups is 1. The van der Waals surface area contributed by atoms with E-state index in [4.69, 9.17) is 43.1 Å². The number of β-amino-alcohol motifs (C(OH)–C–C–N with tert-alkyl or cyclic N) is 1. The van der Waals surface area contributed by atoms with Crippen LogP contribution in [0.2, 0.25) is 0 Å². The molecule has 2 aliphatic heterocycles. The molecule has 0 aliphatic carbocycles. The molecule has 0 radical (unpaired) electrons. The molecule has 1 unspecified atom stereocenters. The molecule has 2 aromatic carbocycles. The largest absolute Gasteiger partial charge is 0.493 e. The molecule has 3 aromatic heterocycles. The lowest BCUT2D eigenvalue weighted by molar-refractivity contribution is -0.144. The average molecular weight is 1080 g/mol. The number of nitrogens with one attached hydrogen (secondary N) is 4. The molecule has 3 amide bonds. The number of aliphatic hydroxyl groups excluding tert-OH is 1. The quantitative estimate of drug-likeness (QED) is 0.0406. The van der Waals surface area contributed by atoms with Crippen molar-refractivity contribution in [2.75, 3.05) is 110 Å². The van der Waals surface area contributed by atoms with Crippen LogP contribution in [0.1, 0.15) is 51.8 Å². The number of amides is 3. The Hall–Kier alpha value is -6.53. The summed E-state index contributed by atoms with van der Waals surface area (Å²) in [6.45, 7) is 14.5.